The van der Waals surface area contributed by atoms with E-state index in [2.05, 4.69) is 39.8 Å². The molecule has 2 saturated heterocycles. The van der Waals surface area contributed by atoms with Crippen LogP contribution >= 0.6 is 11.6 Å². The Hall–Kier alpha value is -2.08. The number of ether oxygens (including phenoxy) is 2. The van der Waals surface area contributed by atoms with Crippen LogP contribution in [0.25, 0.3) is 11.0 Å². The molecule has 3 fully saturated rings. The van der Waals surface area contributed by atoms with Crippen LogP contribution in [0.3, 0.4) is 0 Å². The average molecular weight is 466 g/mol. The zero-order chi connectivity index (χ0) is 22.2. The lowest BCUT2D eigenvalue weighted by molar-refractivity contribution is 0.0672. The minimum absolute atomic E-state index is 0.223. The van der Waals surface area contributed by atoms with Gasteiger partial charge in [0.25, 0.3) is 0 Å². The molecule has 2 aromatic carbocycles. The van der Waals surface area contributed by atoms with Crippen molar-refractivity contribution in [3.8, 4) is 5.75 Å². The average Bonchev–Trinajstić information content (AvgIpc) is 3.40. The maximum Gasteiger partial charge on any atom is 0.124 e. The van der Waals surface area contributed by atoms with Crippen LogP contribution in [0.1, 0.15) is 61.9 Å². The summed E-state index contributed by atoms with van der Waals surface area (Å²) in [6.45, 7) is 4.54. The van der Waals surface area contributed by atoms with Crippen LogP contribution in [0.5, 0.6) is 5.75 Å². The molecule has 3 aromatic rings. The van der Waals surface area contributed by atoms with Gasteiger partial charge in [-0.15, -0.1) is 0 Å². The molecule has 3 aliphatic rings. The zero-order valence-corrected chi connectivity index (χ0v) is 19.8. The first kappa shape index (κ1) is 21.5. The molecule has 33 heavy (non-hydrogen) atoms. The molecular formula is C27H32ClN3O2. The van der Waals surface area contributed by atoms with E-state index < -0.39 is 0 Å². The standard InChI is InChI=1S/C27H32ClN3O2/c28-20-7-10-26(33-18-22-4-3-15-32-22)23(16-20)19-11-13-30(14-12-19)17-27-29-24-5-1-2-6-25(24)31(27)21-8-9-21/h1-2,5-7,10,16,19,21-22H,3-4,8-9,11-15,17-18H2. The number of nitrogens with zero attached hydrogens (tertiary/aromatic N) is 3. The second-order valence-corrected chi connectivity index (χ2v) is 10.2. The molecule has 1 atom stereocenters. The Morgan fingerprint density at radius 2 is 1.88 bits per heavy atom. The number of halogens is 1. The largest absolute Gasteiger partial charge is 0.491 e. The van der Waals surface area contributed by atoms with Gasteiger partial charge in [-0.2, -0.15) is 0 Å². The fourth-order valence-corrected chi connectivity index (χ4v) is 5.66. The van der Waals surface area contributed by atoms with Crippen LogP contribution in [0.2, 0.25) is 5.02 Å². The number of imidazole rings is 1. The van der Waals surface area contributed by atoms with Gasteiger partial charge < -0.3 is 14.0 Å². The van der Waals surface area contributed by atoms with Gasteiger partial charge in [0.2, 0.25) is 0 Å². The number of benzene rings is 2. The van der Waals surface area contributed by atoms with Crippen molar-refractivity contribution >= 4 is 22.6 Å². The lowest BCUT2D eigenvalue weighted by Gasteiger charge is -2.33. The van der Waals surface area contributed by atoms with E-state index in [4.69, 9.17) is 26.1 Å². The number of rotatable bonds is 7. The van der Waals surface area contributed by atoms with Crippen LogP contribution in [-0.2, 0) is 11.3 Å². The van der Waals surface area contributed by atoms with E-state index in [1.807, 2.05) is 12.1 Å². The van der Waals surface area contributed by atoms with Crippen molar-refractivity contribution in [1.82, 2.24) is 14.5 Å². The van der Waals surface area contributed by atoms with Crippen molar-refractivity contribution in [3.05, 3.63) is 58.9 Å². The number of hydrogen-bond donors (Lipinski definition) is 0. The summed E-state index contributed by atoms with van der Waals surface area (Å²) in [6, 6.07) is 15.3. The van der Waals surface area contributed by atoms with Gasteiger partial charge >= 0.3 is 0 Å². The van der Waals surface area contributed by atoms with E-state index in [0.29, 0.717) is 18.6 Å². The highest BCUT2D eigenvalue weighted by molar-refractivity contribution is 6.30. The molecule has 5 nitrogen and oxygen atoms in total. The van der Waals surface area contributed by atoms with Gasteiger partial charge in [0.15, 0.2) is 0 Å². The predicted octanol–water partition coefficient (Wildman–Crippen LogP) is 5.96. The molecule has 0 spiro atoms. The Morgan fingerprint density at radius 3 is 2.67 bits per heavy atom. The summed E-state index contributed by atoms with van der Waals surface area (Å²) in [5.74, 6) is 2.67. The minimum atomic E-state index is 0.223. The second kappa shape index (κ2) is 9.28. The highest BCUT2D eigenvalue weighted by Crippen LogP contribution is 2.40. The van der Waals surface area contributed by atoms with Crippen molar-refractivity contribution in [2.75, 3.05) is 26.3 Å². The van der Waals surface area contributed by atoms with Crippen molar-refractivity contribution in [1.29, 1.82) is 0 Å². The van der Waals surface area contributed by atoms with Crippen molar-refractivity contribution in [3.63, 3.8) is 0 Å². The summed E-state index contributed by atoms with van der Waals surface area (Å²) >= 11 is 6.39. The van der Waals surface area contributed by atoms with E-state index in [1.54, 1.807) is 0 Å². The van der Waals surface area contributed by atoms with Crippen LogP contribution < -0.4 is 4.74 Å². The lowest BCUT2D eigenvalue weighted by Crippen LogP contribution is -2.33. The van der Waals surface area contributed by atoms with Gasteiger partial charge in [0, 0.05) is 17.7 Å². The summed E-state index contributed by atoms with van der Waals surface area (Å²) in [4.78, 5) is 7.57. The third-order valence-electron chi connectivity index (χ3n) is 7.39. The van der Waals surface area contributed by atoms with Gasteiger partial charge in [0.05, 0.1) is 23.7 Å². The fourth-order valence-electron chi connectivity index (χ4n) is 5.48. The Morgan fingerprint density at radius 1 is 1.03 bits per heavy atom. The van der Waals surface area contributed by atoms with Gasteiger partial charge in [-0.1, -0.05) is 23.7 Å². The third kappa shape index (κ3) is 4.64. The highest BCUT2D eigenvalue weighted by Gasteiger charge is 2.30. The number of hydrogen-bond acceptors (Lipinski definition) is 4. The van der Waals surface area contributed by atoms with Gasteiger partial charge in [-0.25, -0.2) is 4.98 Å². The quantitative estimate of drug-likeness (QED) is 0.431. The molecule has 6 rings (SSSR count). The SMILES string of the molecule is Clc1ccc(OCC2CCCO2)c(C2CCN(Cc3nc4ccccc4n3C3CC3)CC2)c1. The Labute approximate surface area is 200 Å². The molecule has 1 saturated carbocycles. The normalized spacial score (nSPS) is 22.3. The lowest BCUT2D eigenvalue weighted by atomic mass is 9.88. The first-order chi connectivity index (χ1) is 16.2. The molecular weight excluding hydrogens is 434 g/mol. The Balaban J connectivity index is 1.13. The number of piperidine rings is 1. The van der Waals surface area contributed by atoms with Crippen LogP contribution in [0.15, 0.2) is 42.5 Å². The number of fused-ring (bicyclic) bond motifs is 1. The fraction of sp³-hybridized carbons (Fsp3) is 0.519. The first-order valence-corrected chi connectivity index (χ1v) is 12.8. The maximum absolute atomic E-state index is 6.39. The molecule has 0 amide bonds. The first-order valence-electron chi connectivity index (χ1n) is 12.5. The molecule has 0 bridgehead atoms. The molecule has 174 valence electrons. The summed E-state index contributed by atoms with van der Waals surface area (Å²) in [7, 11) is 0. The monoisotopic (exact) mass is 465 g/mol. The van der Waals surface area contributed by atoms with Gasteiger partial charge in [-0.05, 0) is 93.4 Å². The smallest absolute Gasteiger partial charge is 0.124 e. The summed E-state index contributed by atoms with van der Waals surface area (Å²) < 4.78 is 14.5. The Bertz CT molecular complexity index is 1110. The number of aromatic nitrogens is 2. The molecule has 3 heterocycles. The highest BCUT2D eigenvalue weighted by atomic mass is 35.5. The maximum atomic E-state index is 6.39. The zero-order valence-electron chi connectivity index (χ0n) is 19.1. The third-order valence-corrected chi connectivity index (χ3v) is 7.63. The number of likely N-dealkylation sites (tertiary alicyclic amines) is 1. The minimum Gasteiger partial charge on any atom is -0.491 e. The molecule has 0 radical (unpaired) electrons. The van der Waals surface area contributed by atoms with Crippen LogP contribution in [-0.4, -0.2) is 46.9 Å². The molecule has 1 aromatic heterocycles. The van der Waals surface area contributed by atoms with E-state index >= 15 is 0 Å². The predicted molar refractivity (Wildman–Crippen MR) is 131 cm³/mol. The summed E-state index contributed by atoms with van der Waals surface area (Å²) in [5.41, 5.74) is 3.67. The topological polar surface area (TPSA) is 39.5 Å². The summed E-state index contributed by atoms with van der Waals surface area (Å²) in [5, 5.41) is 0.787. The van der Waals surface area contributed by atoms with E-state index in [0.717, 1.165) is 68.2 Å². The van der Waals surface area contributed by atoms with Crippen molar-refractivity contribution in [2.45, 2.75) is 63.1 Å². The van der Waals surface area contributed by atoms with Crippen LogP contribution in [0, 0.1) is 0 Å². The van der Waals surface area contributed by atoms with E-state index in [1.165, 1.54) is 29.7 Å². The second-order valence-electron chi connectivity index (χ2n) is 9.80. The molecule has 6 heteroatoms. The van der Waals surface area contributed by atoms with Gasteiger partial charge in [0.1, 0.15) is 18.2 Å². The molecule has 2 aliphatic heterocycles. The summed E-state index contributed by atoms with van der Waals surface area (Å²) in [6.07, 6.45) is 7.22. The Kier molecular flexibility index (Phi) is 6.03. The molecule has 0 N–H and O–H groups in total. The van der Waals surface area contributed by atoms with Crippen molar-refractivity contribution < 1.29 is 9.47 Å². The van der Waals surface area contributed by atoms with Crippen LogP contribution in [0.4, 0.5) is 0 Å². The van der Waals surface area contributed by atoms with Gasteiger partial charge in [-0.3, -0.25) is 4.90 Å². The molecule has 1 aliphatic carbocycles. The number of para-hydroxylation sites is 2. The molecule has 1 unspecified atom stereocenters. The van der Waals surface area contributed by atoms with E-state index in [-0.39, 0.29) is 6.10 Å². The van der Waals surface area contributed by atoms with Crippen molar-refractivity contribution in [2.24, 2.45) is 0 Å². The van der Waals surface area contributed by atoms with E-state index in [9.17, 15) is 0 Å².